The summed E-state index contributed by atoms with van der Waals surface area (Å²) < 4.78 is 32.1. The van der Waals surface area contributed by atoms with Crippen LogP contribution in [0.3, 0.4) is 0 Å². The molecule has 0 aliphatic rings. The number of aromatic nitrogens is 4. The molecule has 0 saturated carbocycles. The summed E-state index contributed by atoms with van der Waals surface area (Å²) in [7, 11) is -2.31. The van der Waals surface area contributed by atoms with Gasteiger partial charge >= 0.3 is 0 Å². The molecule has 9 nitrogen and oxygen atoms in total. The molecule has 3 rings (SSSR count). The topological polar surface area (TPSA) is 124 Å². The van der Waals surface area contributed by atoms with Gasteiger partial charge in [-0.25, -0.2) is 4.52 Å². The van der Waals surface area contributed by atoms with Gasteiger partial charge in [-0.3, -0.25) is 4.55 Å². The Bertz CT molecular complexity index is 1040. The van der Waals surface area contributed by atoms with Crippen LogP contribution in [0, 0.1) is 11.3 Å². The number of fused-ring (bicyclic) bond motifs is 3. The van der Waals surface area contributed by atoms with E-state index in [4.69, 9.17) is 9.81 Å². The van der Waals surface area contributed by atoms with E-state index in [2.05, 4.69) is 15.3 Å². The van der Waals surface area contributed by atoms with E-state index in [1.165, 1.54) is 10.7 Å². The van der Waals surface area contributed by atoms with Crippen LogP contribution < -0.4 is 4.90 Å². The first-order valence-corrected chi connectivity index (χ1v) is 8.20. The Morgan fingerprint density at radius 1 is 1.39 bits per heavy atom. The van der Waals surface area contributed by atoms with Crippen LogP contribution in [-0.2, 0) is 10.1 Å². The largest absolute Gasteiger partial charge is 0.373 e. The molecule has 10 heteroatoms. The molecule has 2 aromatic heterocycles. The lowest BCUT2D eigenvalue weighted by Gasteiger charge is -2.18. The highest BCUT2D eigenvalue weighted by Crippen LogP contribution is 2.21. The van der Waals surface area contributed by atoms with Crippen molar-refractivity contribution in [2.75, 3.05) is 24.2 Å². The number of rotatable bonds is 4. The molecule has 0 radical (unpaired) electrons. The Kier molecular flexibility index (Phi) is 3.59. The molecule has 1 N–H and O–H groups in total. The quantitative estimate of drug-likeness (QED) is 0.684. The number of benzene rings is 1. The Hall–Kier alpha value is -2.77. The molecule has 0 bridgehead atoms. The van der Waals surface area contributed by atoms with Crippen molar-refractivity contribution in [2.45, 2.75) is 0 Å². The third-order valence-corrected chi connectivity index (χ3v) is 4.13. The second-order valence-electron chi connectivity index (χ2n) is 4.99. The van der Waals surface area contributed by atoms with Gasteiger partial charge in [0.15, 0.2) is 5.65 Å². The highest BCUT2D eigenvalue weighted by atomic mass is 32.2. The van der Waals surface area contributed by atoms with E-state index in [0.717, 1.165) is 5.69 Å². The van der Waals surface area contributed by atoms with Gasteiger partial charge in [-0.2, -0.15) is 18.8 Å². The van der Waals surface area contributed by atoms with Gasteiger partial charge in [-0.1, -0.05) is 0 Å². The van der Waals surface area contributed by atoms with Crippen LogP contribution in [0.2, 0.25) is 0 Å². The first-order chi connectivity index (χ1) is 10.9. The second kappa shape index (κ2) is 5.45. The monoisotopic (exact) mass is 332 g/mol. The number of nitriles is 1. The van der Waals surface area contributed by atoms with Crippen LogP contribution >= 0.6 is 0 Å². The van der Waals surface area contributed by atoms with Gasteiger partial charge in [-0.05, 0) is 18.2 Å². The average molecular weight is 332 g/mol. The summed E-state index contributed by atoms with van der Waals surface area (Å²) in [6.45, 7) is 0.133. The van der Waals surface area contributed by atoms with E-state index in [1.54, 1.807) is 30.1 Å². The standard InChI is InChI=1S/C13H12N6O3S/c1-18(4-5-23(20,21)22)10-2-3-11-12(6-10)19-13(17-16-11)9(7-14)8-15-19/h2-3,6,8H,4-5H2,1H3,(H,20,21,22). The maximum Gasteiger partial charge on any atom is 0.266 e. The predicted octanol–water partition coefficient (Wildman–Crippen LogP) is 0.473. The minimum Gasteiger partial charge on any atom is -0.373 e. The van der Waals surface area contributed by atoms with Gasteiger partial charge in [-0.15, -0.1) is 10.2 Å². The molecule has 1 aromatic carbocycles. The smallest absolute Gasteiger partial charge is 0.266 e. The van der Waals surface area contributed by atoms with Gasteiger partial charge in [0.25, 0.3) is 10.1 Å². The molecule has 0 atom stereocenters. The summed E-state index contributed by atoms with van der Waals surface area (Å²) in [5.41, 5.74) is 2.65. The van der Waals surface area contributed by atoms with Crippen LogP contribution in [0.1, 0.15) is 5.56 Å². The van der Waals surface area contributed by atoms with E-state index in [-0.39, 0.29) is 12.3 Å². The zero-order valence-corrected chi connectivity index (χ0v) is 12.9. The molecule has 0 unspecified atom stereocenters. The van der Waals surface area contributed by atoms with Gasteiger partial charge in [0.1, 0.15) is 17.1 Å². The van der Waals surface area contributed by atoms with Crippen molar-refractivity contribution < 1.29 is 13.0 Å². The predicted molar refractivity (Wildman–Crippen MR) is 82.7 cm³/mol. The number of anilines is 1. The summed E-state index contributed by atoms with van der Waals surface area (Å²) in [6.07, 6.45) is 1.41. The van der Waals surface area contributed by atoms with Gasteiger partial charge in [0, 0.05) is 19.3 Å². The molecule has 23 heavy (non-hydrogen) atoms. The molecule has 0 saturated heterocycles. The van der Waals surface area contributed by atoms with Crippen LogP contribution in [0.4, 0.5) is 5.69 Å². The zero-order valence-electron chi connectivity index (χ0n) is 12.1. The fourth-order valence-corrected chi connectivity index (χ4v) is 2.68. The summed E-state index contributed by atoms with van der Waals surface area (Å²) >= 11 is 0. The molecule has 0 aliphatic carbocycles. The lowest BCUT2D eigenvalue weighted by atomic mass is 10.2. The van der Waals surface area contributed by atoms with Gasteiger partial charge < -0.3 is 4.90 Å². The van der Waals surface area contributed by atoms with Crippen molar-refractivity contribution in [2.24, 2.45) is 0 Å². The highest BCUT2D eigenvalue weighted by Gasteiger charge is 2.12. The van der Waals surface area contributed by atoms with Crippen molar-refractivity contribution in [1.29, 1.82) is 5.26 Å². The Balaban J connectivity index is 2.05. The van der Waals surface area contributed by atoms with E-state index >= 15 is 0 Å². The maximum atomic E-state index is 10.9. The van der Waals surface area contributed by atoms with E-state index in [1.807, 2.05) is 6.07 Å². The highest BCUT2D eigenvalue weighted by molar-refractivity contribution is 7.85. The zero-order chi connectivity index (χ0) is 16.6. The molecule has 2 heterocycles. The lowest BCUT2D eigenvalue weighted by molar-refractivity contribution is 0.483. The molecule has 3 aromatic rings. The molecular weight excluding hydrogens is 320 g/mol. The number of hydrogen-bond acceptors (Lipinski definition) is 7. The minimum atomic E-state index is -4.02. The fraction of sp³-hybridized carbons (Fsp3) is 0.231. The van der Waals surface area contributed by atoms with E-state index in [0.29, 0.717) is 22.2 Å². The maximum absolute atomic E-state index is 10.9. The van der Waals surface area contributed by atoms with Crippen LogP contribution in [0.15, 0.2) is 24.4 Å². The van der Waals surface area contributed by atoms with Crippen LogP contribution in [0.25, 0.3) is 16.7 Å². The molecule has 118 valence electrons. The molecular formula is C13H12N6O3S. The Morgan fingerprint density at radius 3 is 2.87 bits per heavy atom. The van der Waals surface area contributed by atoms with E-state index in [9.17, 15) is 8.42 Å². The number of nitrogens with zero attached hydrogens (tertiary/aromatic N) is 6. The minimum absolute atomic E-state index is 0.133. The average Bonchev–Trinajstić information content (AvgIpc) is 2.94. The molecule has 0 aliphatic heterocycles. The summed E-state index contributed by atoms with van der Waals surface area (Å²) in [6, 6.07) is 7.27. The fourth-order valence-electron chi connectivity index (χ4n) is 2.18. The SMILES string of the molecule is CN(CCS(=O)(=O)O)c1ccc2nnc3c(C#N)cnn3c2c1. The van der Waals surface area contributed by atoms with Crippen LogP contribution in [-0.4, -0.2) is 52.1 Å². The number of hydrogen-bond donors (Lipinski definition) is 1. The van der Waals surface area contributed by atoms with E-state index < -0.39 is 10.1 Å². The summed E-state index contributed by atoms with van der Waals surface area (Å²) in [4.78, 5) is 1.69. The van der Waals surface area contributed by atoms with Crippen molar-refractivity contribution in [3.63, 3.8) is 0 Å². The summed E-state index contributed by atoms with van der Waals surface area (Å²) in [5, 5.41) is 21.2. The third-order valence-electron chi connectivity index (χ3n) is 3.43. The Labute approximate surface area is 131 Å². The third kappa shape index (κ3) is 2.92. The molecule has 0 spiro atoms. The van der Waals surface area contributed by atoms with Crippen molar-refractivity contribution in [3.8, 4) is 6.07 Å². The van der Waals surface area contributed by atoms with Crippen LogP contribution in [0.5, 0.6) is 0 Å². The van der Waals surface area contributed by atoms with Gasteiger partial charge in [0.2, 0.25) is 0 Å². The van der Waals surface area contributed by atoms with Crippen molar-refractivity contribution in [1.82, 2.24) is 19.8 Å². The summed E-state index contributed by atoms with van der Waals surface area (Å²) in [5.74, 6) is -0.369. The lowest BCUT2D eigenvalue weighted by Crippen LogP contribution is -2.25. The van der Waals surface area contributed by atoms with Crippen molar-refractivity contribution >= 4 is 32.5 Å². The molecule has 0 fully saturated rings. The normalized spacial score (nSPS) is 11.7. The second-order valence-corrected chi connectivity index (χ2v) is 6.56. The first kappa shape index (κ1) is 15.1. The first-order valence-electron chi connectivity index (χ1n) is 6.59. The molecule has 0 amide bonds. The Morgan fingerprint density at radius 2 is 2.17 bits per heavy atom. The van der Waals surface area contributed by atoms with Crippen molar-refractivity contribution in [3.05, 3.63) is 30.0 Å². The van der Waals surface area contributed by atoms with Gasteiger partial charge in [0.05, 0.1) is 17.5 Å².